The van der Waals surface area contributed by atoms with Crippen LogP contribution in [0.2, 0.25) is 5.02 Å². The molecule has 0 atom stereocenters. The zero-order valence-electron chi connectivity index (χ0n) is 11.1. The molecule has 0 unspecified atom stereocenters. The summed E-state index contributed by atoms with van der Waals surface area (Å²) in [5.74, 6) is -0.852. The summed E-state index contributed by atoms with van der Waals surface area (Å²) < 4.78 is 14.9. The molecule has 0 fully saturated rings. The zero-order chi connectivity index (χ0) is 15.0. The number of imidazole rings is 1. The van der Waals surface area contributed by atoms with E-state index in [0.29, 0.717) is 16.9 Å². The number of pyridine rings is 1. The highest BCUT2D eigenvalue weighted by Gasteiger charge is 2.13. The molecule has 0 saturated carbocycles. The summed E-state index contributed by atoms with van der Waals surface area (Å²) in [5, 5.41) is 2.65. The van der Waals surface area contributed by atoms with Crippen molar-refractivity contribution in [1.29, 1.82) is 0 Å². The fourth-order valence-corrected chi connectivity index (χ4v) is 2.27. The van der Waals surface area contributed by atoms with Crippen LogP contribution >= 0.6 is 11.6 Å². The maximum Gasteiger partial charge on any atom is 0.259 e. The van der Waals surface area contributed by atoms with Crippen LogP contribution < -0.4 is 5.32 Å². The number of rotatable bonds is 2. The van der Waals surface area contributed by atoms with Crippen molar-refractivity contribution in [2.24, 2.45) is 0 Å². The van der Waals surface area contributed by atoms with Crippen LogP contribution in [0.5, 0.6) is 0 Å². The van der Waals surface area contributed by atoms with Crippen molar-refractivity contribution in [2.45, 2.75) is 6.92 Å². The summed E-state index contributed by atoms with van der Waals surface area (Å²) in [6.07, 6.45) is 3.65. The predicted octanol–water partition coefficient (Wildman–Crippen LogP) is 3.69. The lowest BCUT2D eigenvalue weighted by atomic mass is 10.2. The second kappa shape index (κ2) is 5.18. The van der Waals surface area contributed by atoms with Gasteiger partial charge in [0.05, 0.1) is 16.3 Å². The number of nitrogens with zero attached hydrogens (tertiary/aromatic N) is 2. The third kappa shape index (κ3) is 2.60. The Hall–Kier alpha value is -2.40. The second-order valence-electron chi connectivity index (χ2n) is 4.62. The first kappa shape index (κ1) is 13.6. The SMILES string of the molecule is Cc1cn2cccc(C(=O)Nc3ccc(F)c(Cl)c3)c2n1. The van der Waals surface area contributed by atoms with Crippen molar-refractivity contribution in [3.8, 4) is 0 Å². The molecule has 6 heteroatoms. The van der Waals surface area contributed by atoms with Gasteiger partial charge in [-0.1, -0.05) is 11.6 Å². The number of anilines is 1. The van der Waals surface area contributed by atoms with Crippen LogP contribution in [0.15, 0.2) is 42.7 Å². The lowest BCUT2D eigenvalue weighted by Crippen LogP contribution is -2.13. The van der Waals surface area contributed by atoms with Crippen LogP contribution in [0.1, 0.15) is 16.1 Å². The second-order valence-corrected chi connectivity index (χ2v) is 5.03. The van der Waals surface area contributed by atoms with Gasteiger partial charge in [-0.3, -0.25) is 4.79 Å². The number of aryl methyl sites for hydroxylation is 1. The first-order valence-corrected chi connectivity index (χ1v) is 6.63. The van der Waals surface area contributed by atoms with Crippen LogP contribution in [0.3, 0.4) is 0 Å². The van der Waals surface area contributed by atoms with Gasteiger partial charge in [0.2, 0.25) is 0 Å². The first-order valence-electron chi connectivity index (χ1n) is 6.25. The Morgan fingerprint density at radius 2 is 2.19 bits per heavy atom. The molecule has 0 aliphatic rings. The molecule has 0 radical (unpaired) electrons. The van der Waals surface area contributed by atoms with Crippen LogP contribution in [-0.2, 0) is 0 Å². The third-order valence-corrected chi connectivity index (χ3v) is 3.31. The van der Waals surface area contributed by atoms with Gasteiger partial charge in [-0.05, 0) is 37.3 Å². The van der Waals surface area contributed by atoms with Gasteiger partial charge < -0.3 is 9.72 Å². The molecule has 0 saturated heterocycles. The molecule has 1 N–H and O–H groups in total. The van der Waals surface area contributed by atoms with Gasteiger partial charge in [0.1, 0.15) is 11.5 Å². The summed E-state index contributed by atoms with van der Waals surface area (Å²) >= 11 is 5.70. The van der Waals surface area contributed by atoms with E-state index in [1.807, 2.05) is 19.3 Å². The molecular weight excluding hydrogens is 293 g/mol. The Labute approximate surface area is 125 Å². The molecule has 106 valence electrons. The molecule has 0 bridgehead atoms. The van der Waals surface area contributed by atoms with Crippen molar-refractivity contribution in [3.05, 3.63) is 64.8 Å². The van der Waals surface area contributed by atoms with E-state index in [1.54, 1.807) is 16.5 Å². The van der Waals surface area contributed by atoms with Gasteiger partial charge in [0.25, 0.3) is 5.91 Å². The van der Waals surface area contributed by atoms with Crippen molar-refractivity contribution in [2.75, 3.05) is 5.32 Å². The van der Waals surface area contributed by atoms with E-state index in [4.69, 9.17) is 11.6 Å². The molecule has 4 nitrogen and oxygen atoms in total. The molecule has 0 aliphatic carbocycles. The van der Waals surface area contributed by atoms with Gasteiger partial charge in [-0.15, -0.1) is 0 Å². The number of halogens is 2. The lowest BCUT2D eigenvalue weighted by molar-refractivity contribution is 0.102. The van der Waals surface area contributed by atoms with Crippen LogP contribution in [0.4, 0.5) is 10.1 Å². The monoisotopic (exact) mass is 303 g/mol. The maximum atomic E-state index is 13.1. The van der Waals surface area contributed by atoms with Crippen LogP contribution in [-0.4, -0.2) is 15.3 Å². The van der Waals surface area contributed by atoms with E-state index in [-0.39, 0.29) is 10.9 Å². The first-order chi connectivity index (χ1) is 10.0. The fourth-order valence-electron chi connectivity index (χ4n) is 2.09. The minimum atomic E-state index is -0.527. The standard InChI is InChI=1S/C15H11ClFN3O/c1-9-8-20-6-2-3-11(14(20)18-9)15(21)19-10-4-5-13(17)12(16)7-10/h2-8H,1H3,(H,19,21). The highest BCUT2D eigenvalue weighted by atomic mass is 35.5. The number of nitrogens with one attached hydrogen (secondary N) is 1. The topological polar surface area (TPSA) is 46.4 Å². The number of hydrogen-bond donors (Lipinski definition) is 1. The molecule has 2 aromatic heterocycles. The summed E-state index contributed by atoms with van der Waals surface area (Å²) in [6, 6.07) is 7.48. The molecule has 2 heterocycles. The predicted molar refractivity (Wildman–Crippen MR) is 79.3 cm³/mol. The summed E-state index contributed by atoms with van der Waals surface area (Å²) in [4.78, 5) is 16.7. The Balaban J connectivity index is 1.95. The number of amides is 1. The zero-order valence-corrected chi connectivity index (χ0v) is 11.9. The quantitative estimate of drug-likeness (QED) is 0.785. The van der Waals surface area contributed by atoms with E-state index >= 15 is 0 Å². The van der Waals surface area contributed by atoms with Crippen molar-refractivity contribution < 1.29 is 9.18 Å². The normalized spacial score (nSPS) is 10.8. The summed E-state index contributed by atoms with van der Waals surface area (Å²) in [5.41, 5.74) is 2.25. The molecule has 3 rings (SSSR count). The maximum absolute atomic E-state index is 13.1. The number of fused-ring (bicyclic) bond motifs is 1. The Bertz CT molecular complexity index is 844. The Morgan fingerprint density at radius 3 is 2.95 bits per heavy atom. The smallest absolute Gasteiger partial charge is 0.259 e. The lowest BCUT2D eigenvalue weighted by Gasteiger charge is -2.07. The van der Waals surface area contributed by atoms with E-state index in [9.17, 15) is 9.18 Å². The van der Waals surface area contributed by atoms with Crippen molar-refractivity contribution in [1.82, 2.24) is 9.38 Å². The van der Waals surface area contributed by atoms with Gasteiger partial charge >= 0.3 is 0 Å². The number of benzene rings is 1. The number of aromatic nitrogens is 2. The minimum Gasteiger partial charge on any atom is -0.322 e. The van der Waals surface area contributed by atoms with E-state index in [0.717, 1.165) is 5.69 Å². The van der Waals surface area contributed by atoms with Crippen LogP contribution in [0.25, 0.3) is 5.65 Å². The number of carbonyl (C=O) groups excluding carboxylic acids is 1. The van der Waals surface area contributed by atoms with E-state index in [1.165, 1.54) is 18.2 Å². The summed E-state index contributed by atoms with van der Waals surface area (Å²) in [7, 11) is 0. The number of hydrogen-bond acceptors (Lipinski definition) is 2. The summed E-state index contributed by atoms with van der Waals surface area (Å²) in [6.45, 7) is 1.86. The Morgan fingerprint density at radius 1 is 1.38 bits per heavy atom. The fraction of sp³-hybridized carbons (Fsp3) is 0.0667. The largest absolute Gasteiger partial charge is 0.322 e. The van der Waals surface area contributed by atoms with Crippen molar-refractivity contribution in [3.63, 3.8) is 0 Å². The van der Waals surface area contributed by atoms with E-state index < -0.39 is 5.82 Å². The molecule has 1 aromatic carbocycles. The number of carbonyl (C=O) groups is 1. The van der Waals surface area contributed by atoms with Gasteiger partial charge in [-0.25, -0.2) is 9.37 Å². The average Bonchev–Trinajstić information content (AvgIpc) is 2.82. The molecule has 21 heavy (non-hydrogen) atoms. The molecule has 1 amide bonds. The molecular formula is C15H11ClFN3O. The van der Waals surface area contributed by atoms with Crippen molar-refractivity contribution >= 4 is 28.8 Å². The highest BCUT2D eigenvalue weighted by molar-refractivity contribution is 6.31. The Kier molecular flexibility index (Phi) is 3.35. The van der Waals surface area contributed by atoms with Gasteiger partial charge in [0, 0.05) is 18.1 Å². The van der Waals surface area contributed by atoms with Gasteiger partial charge in [0.15, 0.2) is 0 Å². The minimum absolute atomic E-state index is 0.0392. The van der Waals surface area contributed by atoms with E-state index in [2.05, 4.69) is 10.3 Å². The highest BCUT2D eigenvalue weighted by Crippen LogP contribution is 2.20. The van der Waals surface area contributed by atoms with Gasteiger partial charge in [-0.2, -0.15) is 0 Å². The molecule has 0 spiro atoms. The third-order valence-electron chi connectivity index (χ3n) is 3.03. The molecule has 0 aliphatic heterocycles. The molecule has 3 aromatic rings. The van der Waals surface area contributed by atoms with Crippen LogP contribution in [0, 0.1) is 12.7 Å². The average molecular weight is 304 g/mol.